The molecule has 30 heavy (non-hydrogen) atoms. The van der Waals surface area contributed by atoms with Crippen LogP contribution in [-0.4, -0.2) is 47.7 Å². The molecule has 1 heterocycles. The largest absolute Gasteiger partial charge is 0.494 e. The molecule has 0 saturated heterocycles. The molecule has 0 bridgehead atoms. The van der Waals surface area contributed by atoms with Gasteiger partial charge in [0.05, 0.1) is 33.1 Å². The maximum Gasteiger partial charge on any atom is 0.357 e. The molecule has 1 N–H and O–H groups in total. The van der Waals surface area contributed by atoms with Crippen LogP contribution in [-0.2, 0) is 16.1 Å². The zero-order chi connectivity index (χ0) is 21.7. The number of ether oxygens (including phenoxy) is 3. The Hall–Kier alpha value is -3.65. The minimum atomic E-state index is -0.730. The van der Waals surface area contributed by atoms with Crippen molar-refractivity contribution in [2.24, 2.45) is 0 Å². The number of hydrogen-bond donors (Lipinski definition) is 1. The van der Waals surface area contributed by atoms with Gasteiger partial charge in [0, 0.05) is 11.1 Å². The second kappa shape index (κ2) is 9.23. The zero-order valence-corrected chi connectivity index (χ0v) is 16.9. The minimum Gasteiger partial charge on any atom is -0.494 e. The third-order valence-electron chi connectivity index (χ3n) is 4.46. The molecule has 0 radical (unpaired) electrons. The molecule has 0 unspecified atom stereocenters. The van der Waals surface area contributed by atoms with E-state index in [9.17, 15) is 14.7 Å². The van der Waals surface area contributed by atoms with Crippen LogP contribution < -0.4 is 4.74 Å². The molecule has 3 aromatic rings. The second-order valence-electron chi connectivity index (χ2n) is 6.22. The molecule has 3 rings (SSSR count). The Morgan fingerprint density at radius 3 is 2.33 bits per heavy atom. The van der Waals surface area contributed by atoms with Crippen molar-refractivity contribution in [1.82, 2.24) is 9.78 Å². The predicted molar refractivity (Wildman–Crippen MR) is 109 cm³/mol. The van der Waals surface area contributed by atoms with Crippen molar-refractivity contribution in [3.63, 3.8) is 0 Å². The number of carbonyl (C=O) groups excluding carboxylic acids is 2. The van der Waals surface area contributed by atoms with Gasteiger partial charge in [-0.2, -0.15) is 5.10 Å². The van der Waals surface area contributed by atoms with Gasteiger partial charge in [0.2, 0.25) is 0 Å². The number of benzene rings is 2. The molecule has 0 aliphatic rings. The van der Waals surface area contributed by atoms with Crippen molar-refractivity contribution < 1.29 is 28.9 Å². The summed E-state index contributed by atoms with van der Waals surface area (Å²) in [6.45, 7) is 2.02. The maximum atomic E-state index is 12.7. The van der Waals surface area contributed by atoms with E-state index in [-0.39, 0.29) is 23.6 Å². The van der Waals surface area contributed by atoms with E-state index in [1.165, 1.54) is 18.9 Å². The van der Waals surface area contributed by atoms with Crippen LogP contribution in [0.2, 0.25) is 0 Å². The van der Waals surface area contributed by atoms with Crippen LogP contribution in [0, 0.1) is 0 Å². The van der Waals surface area contributed by atoms with Crippen LogP contribution >= 0.6 is 0 Å². The lowest BCUT2D eigenvalue weighted by atomic mass is 10.0. The third kappa shape index (κ3) is 3.90. The monoisotopic (exact) mass is 410 g/mol. The number of carbonyl (C=O) groups is 2. The molecule has 156 valence electrons. The molecular formula is C22H22N2O6. The fourth-order valence-electron chi connectivity index (χ4n) is 3.10. The van der Waals surface area contributed by atoms with Crippen LogP contribution in [0.4, 0.5) is 0 Å². The Morgan fingerprint density at radius 1 is 1.03 bits per heavy atom. The van der Waals surface area contributed by atoms with Crippen molar-refractivity contribution in [2.45, 2.75) is 13.5 Å². The lowest BCUT2D eigenvalue weighted by molar-refractivity contribution is 0.0549. The average Bonchev–Trinajstić information content (AvgIpc) is 3.19. The Kier molecular flexibility index (Phi) is 6.48. The van der Waals surface area contributed by atoms with Crippen molar-refractivity contribution in [3.8, 4) is 22.7 Å². The molecular weight excluding hydrogens is 388 g/mol. The number of esters is 2. The quantitative estimate of drug-likeness (QED) is 0.598. The molecule has 0 spiro atoms. The first-order chi connectivity index (χ1) is 14.5. The van der Waals surface area contributed by atoms with Gasteiger partial charge >= 0.3 is 11.9 Å². The average molecular weight is 410 g/mol. The molecule has 0 aliphatic carbocycles. The SMILES string of the molecule is CCOc1ccc(-c2nn(-c3ccccc3)c(C(=O)OC)c2C(=O)OC)cc1CO. The van der Waals surface area contributed by atoms with Crippen LogP contribution in [0.15, 0.2) is 48.5 Å². The first-order valence-electron chi connectivity index (χ1n) is 9.27. The van der Waals surface area contributed by atoms with E-state index >= 15 is 0 Å². The van der Waals surface area contributed by atoms with E-state index in [0.717, 1.165) is 0 Å². The molecule has 8 heteroatoms. The van der Waals surface area contributed by atoms with Gasteiger partial charge in [-0.1, -0.05) is 18.2 Å². The first kappa shape index (κ1) is 21.1. The zero-order valence-electron chi connectivity index (χ0n) is 16.9. The first-order valence-corrected chi connectivity index (χ1v) is 9.27. The highest BCUT2D eigenvalue weighted by molar-refractivity contribution is 6.06. The highest BCUT2D eigenvalue weighted by Crippen LogP contribution is 2.32. The minimum absolute atomic E-state index is 0.0266. The van der Waals surface area contributed by atoms with Crippen LogP contribution in [0.25, 0.3) is 16.9 Å². The van der Waals surface area contributed by atoms with Crippen molar-refractivity contribution in [3.05, 3.63) is 65.4 Å². The molecule has 1 aromatic heterocycles. The summed E-state index contributed by atoms with van der Waals surface area (Å²) >= 11 is 0. The van der Waals surface area contributed by atoms with Crippen LogP contribution in [0.1, 0.15) is 33.3 Å². The highest BCUT2D eigenvalue weighted by Gasteiger charge is 2.31. The van der Waals surface area contributed by atoms with Crippen LogP contribution in [0.5, 0.6) is 5.75 Å². The fraction of sp³-hybridized carbons (Fsp3) is 0.227. The number of aromatic nitrogens is 2. The Morgan fingerprint density at radius 2 is 1.73 bits per heavy atom. The number of hydrogen-bond acceptors (Lipinski definition) is 7. The number of rotatable bonds is 7. The maximum absolute atomic E-state index is 12.7. The molecule has 0 amide bonds. The van der Waals surface area contributed by atoms with Crippen molar-refractivity contribution >= 4 is 11.9 Å². The number of methoxy groups -OCH3 is 2. The lowest BCUT2D eigenvalue weighted by Gasteiger charge is -2.10. The van der Waals surface area contributed by atoms with E-state index in [2.05, 4.69) is 5.10 Å². The van der Waals surface area contributed by atoms with Gasteiger partial charge in [0.1, 0.15) is 17.0 Å². The lowest BCUT2D eigenvalue weighted by Crippen LogP contribution is -2.15. The van der Waals surface area contributed by atoms with Gasteiger partial charge in [-0.3, -0.25) is 0 Å². The fourth-order valence-corrected chi connectivity index (χ4v) is 3.10. The Balaban J connectivity index is 2.30. The van der Waals surface area contributed by atoms with E-state index in [1.807, 2.05) is 13.0 Å². The summed E-state index contributed by atoms with van der Waals surface area (Å²) in [6, 6.07) is 14.0. The number of para-hydroxylation sites is 1. The summed E-state index contributed by atoms with van der Waals surface area (Å²) in [4.78, 5) is 25.3. The van der Waals surface area contributed by atoms with Gasteiger partial charge in [-0.15, -0.1) is 0 Å². The van der Waals surface area contributed by atoms with Crippen molar-refractivity contribution in [1.29, 1.82) is 0 Å². The topological polar surface area (TPSA) is 99.9 Å². The van der Waals surface area contributed by atoms with E-state index < -0.39 is 11.9 Å². The molecule has 8 nitrogen and oxygen atoms in total. The molecule has 0 saturated carbocycles. The normalized spacial score (nSPS) is 10.5. The Labute approximate surface area is 173 Å². The van der Waals surface area contributed by atoms with Gasteiger partial charge in [0.15, 0.2) is 5.69 Å². The summed E-state index contributed by atoms with van der Waals surface area (Å²) in [5, 5.41) is 14.3. The number of aliphatic hydroxyl groups is 1. The molecule has 0 fully saturated rings. The molecule has 0 atom stereocenters. The van der Waals surface area contributed by atoms with E-state index in [4.69, 9.17) is 14.2 Å². The summed E-state index contributed by atoms with van der Waals surface area (Å²) < 4.78 is 16.7. The van der Waals surface area contributed by atoms with Crippen molar-refractivity contribution in [2.75, 3.05) is 20.8 Å². The summed E-state index contributed by atoms with van der Waals surface area (Å²) in [7, 11) is 2.45. The van der Waals surface area contributed by atoms with Crippen LogP contribution in [0.3, 0.4) is 0 Å². The Bertz CT molecular complexity index is 1060. The molecule has 0 aliphatic heterocycles. The van der Waals surface area contributed by atoms with Gasteiger partial charge in [-0.05, 0) is 37.3 Å². The van der Waals surface area contributed by atoms with Gasteiger partial charge in [0.25, 0.3) is 0 Å². The standard InChI is InChI=1S/C22H22N2O6/c1-4-30-17-11-10-14(12-15(17)13-25)19-18(21(26)28-2)20(22(27)29-3)24(23-19)16-8-6-5-7-9-16/h5-12,25H,4,13H2,1-3H3. The predicted octanol–water partition coefficient (Wildman–Crippen LogP) is 3.00. The third-order valence-corrected chi connectivity index (χ3v) is 4.46. The highest BCUT2D eigenvalue weighted by atomic mass is 16.5. The summed E-state index contributed by atoms with van der Waals surface area (Å²) in [5.74, 6) is -0.933. The van der Waals surface area contributed by atoms with Gasteiger partial charge in [-0.25, -0.2) is 14.3 Å². The van der Waals surface area contributed by atoms with E-state index in [0.29, 0.717) is 29.2 Å². The number of aliphatic hydroxyl groups excluding tert-OH is 1. The van der Waals surface area contributed by atoms with Gasteiger partial charge < -0.3 is 19.3 Å². The number of nitrogens with zero attached hydrogens (tertiary/aromatic N) is 2. The summed E-state index contributed by atoms with van der Waals surface area (Å²) in [6.07, 6.45) is 0. The molecule has 2 aromatic carbocycles. The van der Waals surface area contributed by atoms with E-state index in [1.54, 1.807) is 42.5 Å². The second-order valence-corrected chi connectivity index (χ2v) is 6.22. The smallest absolute Gasteiger partial charge is 0.357 e. The summed E-state index contributed by atoms with van der Waals surface area (Å²) in [5.41, 5.74) is 1.76.